The molecule has 0 radical (unpaired) electrons. The Kier molecular flexibility index (Phi) is 4.62. The molecule has 1 saturated heterocycles. The van der Waals surface area contributed by atoms with E-state index in [0.717, 1.165) is 16.8 Å². The van der Waals surface area contributed by atoms with Gasteiger partial charge in [-0.05, 0) is 31.5 Å². The third kappa shape index (κ3) is 3.30. The summed E-state index contributed by atoms with van der Waals surface area (Å²) in [5.41, 5.74) is 2.81. The molecule has 0 spiro atoms. The molecule has 4 rings (SSSR count). The molecule has 6 nitrogen and oxygen atoms in total. The van der Waals surface area contributed by atoms with Crippen molar-refractivity contribution < 1.29 is 14.1 Å². The number of ether oxygens (including phenoxy) is 1. The van der Waals surface area contributed by atoms with Gasteiger partial charge in [0, 0.05) is 18.5 Å². The van der Waals surface area contributed by atoms with E-state index >= 15 is 0 Å². The standard InChI is InChI=1S/C21H21N3O3/c1-3-26-18-11-7-6-10-17(18)24-13-15(12-19(24)25)21-22-20(23-27-21)16-9-5-4-8-14(16)2/h4-11,15H,3,12-13H2,1-2H3. The van der Waals surface area contributed by atoms with Crippen molar-refractivity contribution in [3.8, 4) is 17.1 Å². The minimum atomic E-state index is -0.127. The number of aromatic nitrogens is 2. The molecule has 0 aliphatic carbocycles. The van der Waals surface area contributed by atoms with Gasteiger partial charge >= 0.3 is 0 Å². The van der Waals surface area contributed by atoms with E-state index < -0.39 is 0 Å². The Morgan fingerprint density at radius 1 is 1.19 bits per heavy atom. The number of benzene rings is 2. The van der Waals surface area contributed by atoms with Crippen molar-refractivity contribution in [1.29, 1.82) is 0 Å². The Balaban J connectivity index is 1.58. The van der Waals surface area contributed by atoms with Gasteiger partial charge in [-0.2, -0.15) is 4.98 Å². The minimum Gasteiger partial charge on any atom is -0.492 e. The molecule has 1 unspecified atom stereocenters. The van der Waals surface area contributed by atoms with Crippen LogP contribution in [0.3, 0.4) is 0 Å². The fourth-order valence-corrected chi connectivity index (χ4v) is 3.40. The highest BCUT2D eigenvalue weighted by atomic mass is 16.5. The van der Waals surface area contributed by atoms with Crippen LogP contribution in [0, 0.1) is 6.92 Å². The number of amides is 1. The van der Waals surface area contributed by atoms with Crippen LogP contribution in [-0.2, 0) is 4.79 Å². The number of carbonyl (C=O) groups excluding carboxylic acids is 1. The lowest BCUT2D eigenvalue weighted by Gasteiger charge is -2.19. The zero-order valence-electron chi connectivity index (χ0n) is 15.4. The topological polar surface area (TPSA) is 68.5 Å². The maximum Gasteiger partial charge on any atom is 0.232 e. The van der Waals surface area contributed by atoms with E-state index in [4.69, 9.17) is 9.26 Å². The summed E-state index contributed by atoms with van der Waals surface area (Å²) in [6.45, 7) is 4.98. The summed E-state index contributed by atoms with van der Waals surface area (Å²) < 4.78 is 11.2. The lowest BCUT2D eigenvalue weighted by Crippen LogP contribution is -2.25. The van der Waals surface area contributed by atoms with Crippen molar-refractivity contribution in [2.24, 2.45) is 0 Å². The predicted octanol–water partition coefficient (Wildman–Crippen LogP) is 3.96. The Labute approximate surface area is 157 Å². The second kappa shape index (κ2) is 7.23. The number of aryl methyl sites for hydroxylation is 1. The maximum absolute atomic E-state index is 12.6. The van der Waals surface area contributed by atoms with Gasteiger partial charge in [0.15, 0.2) is 0 Å². The molecule has 1 aliphatic rings. The molecule has 1 fully saturated rings. The molecule has 138 valence electrons. The smallest absolute Gasteiger partial charge is 0.232 e. The first-order valence-corrected chi connectivity index (χ1v) is 9.09. The van der Waals surface area contributed by atoms with Crippen molar-refractivity contribution in [3.63, 3.8) is 0 Å². The molecular weight excluding hydrogens is 342 g/mol. The summed E-state index contributed by atoms with van der Waals surface area (Å²) in [5, 5.41) is 4.12. The van der Waals surface area contributed by atoms with E-state index in [2.05, 4.69) is 10.1 Å². The third-order valence-corrected chi connectivity index (χ3v) is 4.76. The highest BCUT2D eigenvalue weighted by Crippen LogP contribution is 2.36. The highest BCUT2D eigenvalue weighted by molar-refractivity contribution is 5.97. The zero-order chi connectivity index (χ0) is 18.8. The summed E-state index contributed by atoms with van der Waals surface area (Å²) in [4.78, 5) is 18.9. The average molecular weight is 363 g/mol. The molecule has 1 aromatic heterocycles. The Hall–Kier alpha value is -3.15. The highest BCUT2D eigenvalue weighted by Gasteiger charge is 2.36. The van der Waals surface area contributed by atoms with Crippen LogP contribution in [0.4, 0.5) is 5.69 Å². The molecule has 0 N–H and O–H groups in total. The summed E-state index contributed by atoms with van der Waals surface area (Å²) in [5.74, 6) is 1.67. The first-order valence-electron chi connectivity index (χ1n) is 9.09. The van der Waals surface area contributed by atoms with Crippen molar-refractivity contribution in [2.75, 3.05) is 18.1 Å². The molecule has 6 heteroatoms. The van der Waals surface area contributed by atoms with Gasteiger partial charge in [0.25, 0.3) is 0 Å². The van der Waals surface area contributed by atoms with Crippen LogP contribution >= 0.6 is 0 Å². The number of nitrogens with zero attached hydrogens (tertiary/aromatic N) is 3. The largest absolute Gasteiger partial charge is 0.492 e. The number of rotatable bonds is 5. The lowest BCUT2D eigenvalue weighted by atomic mass is 10.1. The van der Waals surface area contributed by atoms with Crippen LogP contribution in [0.25, 0.3) is 11.4 Å². The first kappa shape index (κ1) is 17.3. The van der Waals surface area contributed by atoms with Crippen molar-refractivity contribution in [2.45, 2.75) is 26.2 Å². The summed E-state index contributed by atoms with van der Waals surface area (Å²) >= 11 is 0. The molecule has 1 aliphatic heterocycles. The van der Waals surface area contributed by atoms with Gasteiger partial charge in [0.2, 0.25) is 17.6 Å². The third-order valence-electron chi connectivity index (χ3n) is 4.76. The summed E-state index contributed by atoms with van der Waals surface area (Å²) in [6.07, 6.45) is 0.343. The van der Waals surface area contributed by atoms with E-state index in [9.17, 15) is 4.79 Å². The first-order chi connectivity index (χ1) is 13.2. The van der Waals surface area contributed by atoms with E-state index in [0.29, 0.717) is 37.0 Å². The fraction of sp³-hybridized carbons (Fsp3) is 0.286. The predicted molar refractivity (Wildman–Crippen MR) is 102 cm³/mol. The van der Waals surface area contributed by atoms with Crippen LogP contribution in [0.5, 0.6) is 5.75 Å². The number of hydrogen-bond donors (Lipinski definition) is 0. The van der Waals surface area contributed by atoms with Crippen molar-refractivity contribution >= 4 is 11.6 Å². The number of hydrogen-bond acceptors (Lipinski definition) is 5. The molecule has 2 aromatic carbocycles. The van der Waals surface area contributed by atoms with E-state index in [-0.39, 0.29) is 11.8 Å². The van der Waals surface area contributed by atoms with Gasteiger partial charge in [0.1, 0.15) is 5.75 Å². The molecule has 3 aromatic rings. The molecule has 0 bridgehead atoms. The van der Waals surface area contributed by atoms with Crippen LogP contribution in [0.15, 0.2) is 53.1 Å². The Morgan fingerprint density at radius 3 is 2.78 bits per heavy atom. The van der Waals surface area contributed by atoms with Gasteiger partial charge in [0.05, 0.1) is 18.2 Å². The van der Waals surface area contributed by atoms with Crippen LogP contribution in [0.2, 0.25) is 0 Å². The van der Waals surface area contributed by atoms with Crippen LogP contribution in [-0.4, -0.2) is 29.2 Å². The number of anilines is 1. The summed E-state index contributed by atoms with van der Waals surface area (Å²) in [7, 11) is 0. The molecule has 1 amide bonds. The normalized spacial score (nSPS) is 16.7. The number of para-hydroxylation sites is 2. The minimum absolute atomic E-state index is 0.0304. The maximum atomic E-state index is 12.6. The van der Waals surface area contributed by atoms with Crippen molar-refractivity contribution in [1.82, 2.24) is 10.1 Å². The summed E-state index contributed by atoms with van der Waals surface area (Å²) in [6, 6.07) is 15.5. The Bertz CT molecular complexity index is 967. The van der Waals surface area contributed by atoms with Crippen LogP contribution in [0.1, 0.15) is 30.7 Å². The molecule has 1 atom stereocenters. The average Bonchev–Trinajstić information content (AvgIpc) is 3.30. The van der Waals surface area contributed by atoms with Gasteiger partial charge in [-0.1, -0.05) is 41.6 Å². The zero-order valence-corrected chi connectivity index (χ0v) is 15.4. The van der Waals surface area contributed by atoms with E-state index in [1.54, 1.807) is 4.90 Å². The SMILES string of the molecule is CCOc1ccccc1N1CC(c2nc(-c3ccccc3C)no2)CC1=O. The molecule has 27 heavy (non-hydrogen) atoms. The van der Waals surface area contributed by atoms with E-state index in [1.165, 1.54) is 0 Å². The van der Waals surface area contributed by atoms with Gasteiger partial charge < -0.3 is 14.2 Å². The molecule has 0 saturated carbocycles. The van der Waals surface area contributed by atoms with Crippen LogP contribution < -0.4 is 9.64 Å². The van der Waals surface area contributed by atoms with E-state index in [1.807, 2.05) is 62.4 Å². The number of carbonyl (C=O) groups is 1. The van der Waals surface area contributed by atoms with Gasteiger partial charge in [-0.25, -0.2) is 0 Å². The molecular formula is C21H21N3O3. The quantitative estimate of drug-likeness (QED) is 0.686. The van der Waals surface area contributed by atoms with Gasteiger partial charge in [-0.15, -0.1) is 0 Å². The molecule has 2 heterocycles. The second-order valence-electron chi connectivity index (χ2n) is 6.58. The van der Waals surface area contributed by atoms with Crippen molar-refractivity contribution in [3.05, 3.63) is 60.0 Å². The fourth-order valence-electron chi connectivity index (χ4n) is 3.40. The lowest BCUT2D eigenvalue weighted by molar-refractivity contribution is -0.117. The Morgan fingerprint density at radius 2 is 1.96 bits per heavy atom. The monoisotopic (exact) mass is 363 g/mol. The second-order valence-corrected chi connectivity index (χ2v) is 6.58. The van der Waals surface area contributed by atoms with Gasteiger partial charge in [-0.3, -0.25) is 4.79 Å².